The van der Waals surface area contributed by atoms with Crippen molar-refractivity contribution < 1.29 is 14.1 Å². The SMILES string of the molecule is Cc1ccc2[nH]c(CNC(=O)N[C@@H]3CCCN(C(=O)Cc4ccon4)C3)cc2c1. The van der Waals surface area contributed by atoms with Gasteiger partial charge in [0, 0.05) is 36.4 Å². The van der Waals surface area contributed by atoms with Gasteiger partial charge in [0.15, 0.2) is 0 Å². The van der Waals surface area contributed by atoms with Gasteiger partial charge in [-0.1, -0.05) is 16.8 Å². The maximum atomic E-state index is 12.4. The number of aromatic amines is 1. The van der Waals surface area contributed by atoms with Crippen molar-refractivity contribution in [1.29, 1.82) is 0 Å². The number of aromatic nitrogens is 2. The smallest absolute Gasteiger partial charge is 0.315 e. The van der Waals surface area contributed by atoms with E-state index in [1.165, 1.54) is 11.8 Å². The van der Waals surface area contributed by atoms with Gasteiger partial charge >= 0.3 is 6.03 Å². The molecule has 0 bridgehead atoms. The highest BCUT2D eigenvalue weighted by Crippen LogP contribution is 2.17. The van der Waals surface area contributed by atoms with E-state index in [2.05, 4.69) is 39.8 Å². The zero-order chi connectivity index (χ0) is 20.2. The summed E-state index contributed by atoms with van der Waals surface area (Å²) in [4.78, 5) is 29.8. The number of piperidine rings is 1. The number of rotatable bonds is 5. The molecule has 1 aliphatic rings. The van der Waals surface area contributed by atoms with Gasteiger partial charge in [0.2, 0.25) is 5.91 Å². The number of carbonyl (C=O) groups excluding carboxylic acids is 2. The van der Waals surface area contributed by atoms with E-state index in [1.54, 1.807) is 11.0 Å². The average molecular weight is 395 g/mol. The second-order valence-corrected chi connectivity index (χ2v) is 7.56. The van der Waals surface area contributed by atoms with Gasteiger partial charge in [-0.3, -0.25) is 4.79 Å². The van der Waals surface area contributed by atoms with Crippen molar-refractivity contribution >= 4 is 22.8 Å². The van der Waals surface area contributed by atoms with E-state index in [0.29, 0.717) is 25.3 Å². The second-order valence-electron chi connectivity index (χ2n) is 7.56. The molecule has 3 N–H and O–H groups in total. The Morgan fingerprint density at radius 3 is 3.03 bits per heavy atom. The van der Waals surface area contributed by atoms with Crippen LogP contribution in [-0.2, 0) is 17.8 Å². The number of fused-ring (bicyclic) bond motifs is 1. The highest BCUT2D eigenvalue weighted by atomic mass is 16.5. The molecule has 3 heterocycles. The van der Waals surface area contributed by atoms with Gasteiger partial charge in [-0.15, -0.1) is 0 Å². The summed E-state index contributed by atoms with van der Waals surface area (Å²) in [5, 5.41) is 10.8. The molecule has 0 spiro atoms. The lowest BCUT2D eigenvalue weighted by molar-refractivity contribution is -0.131. The molecule has 29 heavy (non-hydrogen) atoms. The third-order valence-electron chi connectivity index (χ3n) is 5.20. The fourth-order valence-electron chi connectivity index (χ4n) is 3.74. The first-order valence-electron chi connectivity index (χ1n) is 9.86. The Labute approximate surface area is 168 Å². The number of hydrogen-bond donors (Lipinski definition) is 3. The van der Waals surface area contributed by atoms with E-state index in [9.17, 15) is 9.59 Å². The molecule has 0 saturated carbocycles. The van der Waals surface area contributed by atoms with Gasteiger partial charge in [0.25, 0.3) is 0 Å². The minimum absolute atomic E-state index is 0.000762. The normalized spacial score (nSPS) is 16.7. The third kappa shape index (κ3) is 4.77. The molecule has 1 atom stereocenters. The number of likely N-dealkylation sites (tertiary alicyclic amines) is 1. The number of hydrogen-bond acceptors (Lipinski definition) is 4. The average Bonchev–Trinajstić information content (AvgIpc) is 3.35. The fourth-order valence-corrected chi connectivity index (χ4v) is 3.74. The monoisotopic (exact) mass is 395 g/mol. The Hall–Kier alpha value is -3.29. The largest absolute Gasteiger partial charge is 0.364 e. The molecule has 152 valence electrons. The number of urea groups is 1. The van der Waals surface area contributed by atoms with Crippen LogP contribution in [0.15, 0.2) is 41.1 Å². The second kappa shape index (κ2) is 8.38. The minimum Gasteiger partial charge on any atom is -0.364 e. The van der Waals surface area contributed by atoms with Crippen molar-refractivity contribution in [2.45, 2.75) is 38.8 Å². The van der Waals surface area contributed by atoms with E-state index in [1.807, 2.05) is 12.1 Å². The number of amides is 3. The van der Waals surface area contributed by atoms with Crippen LogP contribution in [0.5, 0.6) is 0 Å². The number of nitrogens with zero attached hydrogens (tertiary/aromatic N) is 2. The lowest BCUT2D eigenvalue weighted by Crippen LogP contribution is -2.52. The molecule has 0 radical (unpaired) electrons. The maximum Gasteiger partial charge on any atom is 0.315 e. The molecule has 3 aromatic rings. The molecule has 1 aliphatic heterocycles. The van der Waals surface area contributed by atoms with E-state index in [4.69, 9.17) is 4.52 Å². The van der Waals surface area contributed by atoms with Gasteiger partial charge in [-0.25, -0.2) is 4.79 Å². The van der Waals surface area contributed by atoms with E-state index >= 15 is 0 Å². The van der Waals surface area contributed by atoms with Gasteiger partial charge in [0.05, 0.1) is 18.7 Å². The summed E-state index contributed by atoms with van der Waals surface area (Å²) >= 11 is 0. The van der Waals surface area contributed by atoms with E-state index < -0.39 is 0 Å². The van der Waals surface area contributed by atoms with Crippen molar-refractivity contribution in [1.82, 2.24) is 25.7 Å². The maximum absolute atomic E-state index is 12.4. The standard InChI is InChI=1S/C21H25N5O3/c1-14-4-5-19-15(9-14)10-18(23-19)12-22-21(28)24-17-3-2-7-26(13-17)20(27)11-16-6-8-29-25-16/h4-6,8-10,17,23H,2-3,7,11-13H2,1H3,(H2,22,24,28)/t17-/m1/s1. The van der Waals surface area contributed by atoms with Crippen molar-refractivity contribution in [2.24, 2.45) is 0 Å². The number of nitrogens with one attached hydrogen (secondary N) is 3. The highest BCUT2D eigenvalue weighted by molar-refractivity contribution is 5.81. The Morgan fingerprint density at radius 2 is 2.21 bits per heavy atom. The van der Waals surface area contributed by atoms with Crippen LogP contribution in [0.1, 0.15) is 29.8 Å². The summed E-state index contributed by atoms with van der Waals surface area (Å²) in [6, 6.07) is 9.67. The molecular formula is C21H25N5O3. The summed E-state index contributed by atoms with van der Waals surface area (Å²) in [6.45, 7) is 3.68. The van der Waals surface area contributed by atoms with Crippen LogP contribution in [0.2, 0.25) is 0 Å². The molecule has 8 heteroatoms. The minimum atomic E-state index is -0.226. The van der Waals surface area contributed by atoms with E-state index in [0.717, 1.165) is 29.4 Å². The summed E-state index contributed by atoms with van der Waals surface area (Å²) in [5.74, 6) is -0.000762. The Balaban J connectivity index is 1.26. The van der Waals surface area contributed by atoms with Crippen molar-refractivity contribution in [3.8, 4) is 0 Å². The molecule has 1 aromatic carbocycles. The zero-order valence-corrected chi connectivity index (χ0v) is 16.4. The van der Waals surface area contributed by atoms with Crippen LogP contribution in [-0.4, -0.2) is 46.1 Å². The third-order valence-corrected chi connectivity index (χ3v) is 5.20. The van der Waals surface area contributed by atoms with Gasteiger partial charge < -0.3 is 25.0 Å². The Morgan fingerprint density at radius 1 is 1.31 bits per heavy atom. The molecule has 0 unspecified atom stereocenters. The Kier molecular flexibility index (Phi) is 5.50. The molecule has 3 amide bonds. The van der Waals surface area contributed by atoms with Crippen LogP contribution in [0.4, 0.5) is 4.79 Å². The number of H-pyrrole nitrogens is 1. The molecule has 1 fully saturated rings. The predicted molar refractivity (Wildman–Crippen MR) is 108 cm³/mol. The first kappa shape index (κ1) is 19.0. The first-order chi connectivity index (χ1) is 14.1. The number of carbonyl (C=O) groups is 2. The molecule has 4 rings (SSSR count). The van der Waals surface area contributed by atoms with Crippen LogP contribution in [0.3, 0.4) is 0 Å². The van der Waals surface area contributed by atoms with Crippen LogP contribution >= 0.6 is 0 Å². The lowest BCUT2D eigenvalue weighted by Gasteiger charge is -2.33. The predicted octanol–water partition coefficient (Wildman–Crippen LogP) is 2.50. The molecular weight excluding hydrogens is 370 g/mol. The van der Waals surface area contributed by atoms with Gasteiger partial charge in [-0.05, 0) is 43.4 Å². The highest BCUT2D eigenvalue weighted by Gasteiger charge is 2.25. The fraction of sp³-hybridized carbons (Fsp3) is 0.381. The molecule has 0 aliphatic carbocycles. The van der Waals surface area contributed by atoms with Crippen molar-refractivity contribution in [3.63, 3.8) is 0 Å². The first-order valence-corrected chi connectivity index (χ1v) is 9.86. The van der Waals surface area contributed by atoms with Crippen LogP contribution in [0, 0.1) is 6.92 Å². The van der Waals surface area contributed by atoms with Gasteiger partial charge in [-0.2, -0.15) is 0 Å². The summed E-state index contributed by atoms with van der Waals surface area (Å²) in [5.41, 5.74) is 3.83. The summed E-state index contributed by atoms with van der Waals surface area (Å²) in [7, 11) is 0. The quantitative estimate of drug-likeness (QED) is 0.617. The summed E-state index contributed by atoms with van der Waals surface area (Å²) in [6.07, 6.45) is 3.39. The zero-order valence-electron chi connectivity index (χ0n) is 16.4. The van der Waals surface area contributed by atoms with E-state index in [-0.39, 0.29) is 24.4 Å². The lowest BCUT2D eigenvalue weighted by atomic mass is 10.1. The Bertz CT molecular complexity index is 995. The number of aryl methyl sites for hydroxylation is 1. The van der Waals surface area contributed by atoms with Crippen molar-refractivity contribution in [2.75, 3.05) is 13.1 Å². The number of benzene rings is 1. The van der Waals surface area contributed by atoms with Crippen LogP contribution < -0.4 is 10.6 Å². The molecule has 1 saturated heterocycles. The topological polar surface area (TPSA) is 103 Å². The van der Waals surface area contributed by atoms with Crippen LogP contribution in [0.25, 0.3) is 10.9 Å². The van der Waals surface area contributed by atoms with Crippen molar-refractivity contribution in [3.05, 3.63) is 53.5 Å². The molecule has 8 nitrogen and oxygen atoms in total. The molecule has 2 aromatic heterocycles. The van der Waals surface area contributed by atoms with Gasteiger partial charge in [0.1, 0.15) is 6.26 Å². The summed E-state index contributed by atoms with van der Waals surface area (Å²) < 4.78 is 4.78.